The standard InChI is InChI=1S/C37H43N3O2.C26H30N2O/c1-2-3-10-30-15-19-34(20-16-30)38-37(41)40(35-23-25-39(26-24-35)27-31-11-6-4-7-12-31)28-32-17-21-36(22-18-32)42-29-33-13-8-5-9-14-33;1-3-7-23(8-4-1)20-28-17-15-25(16-18-28)27-19-22-11-13-26(14-12-22)29-21-24-9-5-2-6-10-24/h4-9,11-22,35H,2-3,10,23-29H2,1H3,(H,38,41);1-14,25,27H,15-21H2. The molecule has 8 nitrogen and oxygen atoms in total. The van der Waals surface area contributed by atoms with Crippen LogP contribution >= 0.6 is 0 Å². The molecular weight excluding hydrogens is 875 g/mol. The van der Waals surface area contributed by atoms with Gasteiger partial charge in [-0.1, -0.05) is 171 Å². The van der Waals surface area contributed by atoms with E-state index in [2.05, 4.69) is 161 Å². The van der Waals surface area contributed by atoms with Crippen molar-refractivity contribution in [1.29, 1.82) is 0 Å². The van der Waals surface area contributed by atoms with Gasteiger partial charge in [0, 0.05) is 57.0 Å². The molecule has 0 radical (unpaired) electrons. The van der Waals surface area contributed by atoms with Crippen molar-refractivity contribution in [1.82, 2.24) is 20.0 Å². The topological polar surface area (TPSA) is 69.3 Å². The number of carbonyl (C=O) groups excluding carboxylic acids is 1. The number of aryl methyl sites for hydroxylation is 1. The first-order chi connectivity index (χ1) is 35.0. The molecule has 71 heavy (non-hydrogen) atoms. The Morgan fingerprint density at radius 3 is 1.42 bits per heavy atom. The summed E-state index contributed by atoms with van der Waals surface area (Å²) in [7, 11) is 0. The van der Waals surface area contributed by atoms with Crippen molar-refractivity contribution in [3.8, 4) is 11.5 Å². The first-order valence-electron chi connectivity index (χ1n) is 25.9. The van der Waals surface area contributed by atoms with E-state index in [1.807, 2.05) is 65.6 Å². The summed E-state index contributed by atoms with van der Waals surface area (Å²) in [6, 6.07) is 67.6. The number of rotatable bonds is 20. The van der Waals surface area contributed by atoms with Gasteiger partial charge in [-0.25, -0.2) is 4.79 Å². The van der Waals surface area contributed by atoms with Crippen LogP contribution in [0.15, 0.2) is 194 Å². The van der Waals surface area contributed by atoms with Gasteiger partial charge in [-0.2, -0.15) is 0 Å². The minimum atomic E-state index is -0.0396. The largest absolute Gasteiger partial charge is 0.489 e. The molecule has 0 aromatic heterocycles. The van der Waals surface area contributed by atoms with Crippen LogP contribution in [-0.4, -0.2) is 59.0 Å². The molecule has 0 atom stereocenters. The third kappa shape index (κ3) is 17.0. The molecular formula is C63H73N5O3. The highest BCUT2D eigenvalue weighted by atomic mass is 16.5. The number of hydrogen-bond donors (Lipinski definition) is 2. The molecule has 0 spiro atoms. The molecule has 2 amide bonds. The third-order valence-corrected chi connectivity index (χ3v) is 13.7. The van der Waals surface area contributed by atoms with E-state index in [0.29, 0.717) is 25.8 Å². The number of nitrogens with one attached hydrogen (secondary N) is 2. The second-order valence-electron chi connectivity index (χ2n) is 19.1. The number of urea groups is 1. The number of likely N-dealkylation sites (tertiary alicyclic amines) is 2. The van der Waals surface area contributed by atoms with Crippen LogP contribution in [0.1, 0.15) is 84.4 Å². The fourth-order valence-electron chi connectivity index (χ4n) is 9.40. The van der Waals surface area contributed by atoms with Crippen molar-refractivity contribution in [2.24, 2.45) is 0 Å². The normalized spacial score (nSPS) is 14.5. The van der Waals surface area contributed by atoms with Crippen LogP contribution in [0.5, 0.6) is 11.5 Å². The molecule has 368 valence electrons. The van der Waals surface area contributed by atoms with Gasteiger partial charge in [0.25, 0.3) is 0 Å². The zero-order valence-corrected chi connectivity index (χ0v) is 41.7. The Hall–Kier alpha value is -6.71. The molecule has 7 aromatic carbocycles. The second-order valence-corrected chi connectivity index (χ2v) is 19.1. The van der Waals surface area contributed by atoms with Crippen molar-refractivity contribution in [3.63, 3.8) is 0 Å². The number of piperidine rings is 2. The predicted molar refractivity (Wildman–Crippen MR) is 290 cm³/mol. The van der Waals surface area contributed by atoms with Gasteiger partial charge in [-0.15, -0.1) is 0 Å². The van der Waals surface area contributed by atoms with Crippen LogP contribution in [0.25, 0.3) is 0 Å². The maximum absolute atomic E-state index is 13.7. The number of nitrogens with zero attached hydrogens (tertiary/aromatic N) is 3. The molecule has 2 aliphatic heterocycles. The number of ether oxygens (including phenoxy) is 2. The van der Waals surface area contributed by atoms with Crippen molar-refractivity contribution in [3.05, 3.63) is 233 Å². The Morgan fingerprint density at radius 2 is 0.944 bits per heavy atom. The highest BCUT2D eigenvalue weighted by Crippen LogP contribution is 2.24. The van der Waals surface area contributed by atoms with E-state index in [4.69, 9.17) is 9.47 Å². The lowest BCUT2D eigenvalue weighted by molar-refractivity contribution is 0.120. The molecule has 0 aliphatic carbocycles. The van der Waals surface area contributed by atoms with Crippen molar-refractivity contribution in [2.45, 2.75) is 103 Å². The minimum Gasteiger partial charge on any atom is -0.489 e. The summed E-state index contributed by atoms with van der Waals surface area (Å²) in [5, 5.41) is 6.92. The fourth-order valence-corrected chi connectivity index (χ4v) is 9.40. The maximum Gasteiger partial charge on any atom is 0.322 e. The second kappa shape index (κ2) is 27.6. The average Bonchev–Trinajstić information content (AvgIpc) is 3.43. The summed E-state index contributed by atoms with van der Waals surface area (Å²) in [5.41, 5.74) is 9.64. The number of hydrogen-bond acceptors (Lipinski definition) is 6. The zero-order valence-electron chi connectivity index (χ0n) is 41.7. The van der Waals surface area contributed by atoms with E-state index < -0.39 is 0 Å². The van der Waals surface area contributed by atoms with Crippen molar-refractivity contribution < 1.29 is 14.3 Å². The highest BCUT2D eigenvalue weighted by molar-refractivity contribution is 5.89. The zero-order chi connectivity index (χ0) is 48.7. The van der Waals surface area contributed by atoms with Gasteiger partial charge in [-0.05, 0) is 127 Å². The summed E-state index contributed by atoms with van der Waals surface area (Å²) in [5.74, 6) is 1.75. The monoisotopic (exact) mass is 948 g/mol. The minimum absolute atomic E-state index is 0.0396. The molecule has 7 aromatic rings. The fraction of sp³-hybridized carbons (Fsp3) is 0.317. The lowest BCUT2D eigenvalue weighted by Crippen LogP contribution is -2.48. The van der Waals surface area contributed by atoms with Gasteiger partial charge in [0.05, 0.1) is 0 Å². The van der Waals surface area contributed by atoms with Gasteiger partial charge >= 0.3 is 6.03 Å². The van der Waals surface area contributed by atoms with E-state index in [1.165, 1.54) is 66.6 Å². The Balaban J connectivity index is 0.000000204. The Morgan fingerprint density at radius 1 is 0.507 bits per heavy atom. The SMILES string of the molecule is CCCCc1ccc(NC(=O)N(Cc2ccc(OCc3ccccc3)cc2)C2CCN(Cc3ccccc3)CC2)cc1.c1ccc(COc2ccc(CNC3CCN(Cc4ccccc4)CC3)cc2)cc1. The molecule has 2 saturated heterocycles. The maximum atomic E-state index is 13.7. The molecule has 2 aliphatic rings. The number of benzene rings is 7. The summed E-state index contributed by atoms with van der Waals surface area (Å²) in [6.45, 7) is 11.1. The Bertz CT molecular complexity index is 2550. The molecule has 8 heteroatoms. The molecule has 0 unspecified atom stereocenters. The van der Waals surface area contributed by atoms with E-state index in [0.717, 1.165) is 80.3 Å². The molecule has 9 rings (SSSR count). The molecule has 0 saturated carbocycles. The summed E-state index contributed by atoms with van der Waals surface area (Å²) < 4.78 is 11.9. The van der Waals surface area contributed by atoms with Gasteiger partial charge in [-0.3, -0.25) is 9.80 Å². The van der Waals surface area contributed by atoms with E-state index >= 15 is 0 Å². The highest BCUT2D eigenvalue weighted by Gasteiger charge is 2.28. The van der Waals surface area contributed by atoms with Crippen LogP contribution in [0.4, 0.5) is 10.5 Å². The first-order valence-corrected chi connectivity index (χ1v) is 25.9. The number of anilines is 1. The molecule has 2 N–H and O–H groups in total. The predicted octanol–water partition coefficient (Wildman–Crippen LogP) is 13.3. The Kier molecular flexibility index (Phi) is 19.7. The molecule has 0 bridgehead atoms. The van der Waals surface area contributed by atoms with Crippen LogP contribution in [-0.2, 0) is 45.8 Å². The smallest absolute Gasteiger partial charge is 0.322 e. The molecule has 2 fully saturated rings. The summed E-state index contributed by atoms with van der Waals surface area (Å²) >= 11 is 0. The summed E-state index contributed by atoms with van der Waals surface area (Å²) in [6.07, 6.45) is 7.76. The Labute approximate surface area is 423 Å². The van der Waals surface area contributed by atoms with Crippen LogP contribution in [0.3, 0.4) is 0 Å². The van der Waals surface area contributed by atoms with Crippen molar-refractivity contribution >= 4 is 11.7 Å². The number of amides is 2. The average molecular weight is 948 g/mol. The van der Waals surface area contributed by atoms with Crippen LogP contribution in [0, 0.1) is 0 Å². The van der Waals surface area contributed by atoms with Crippen LogP contribution in [0.2, 0.25) is 0 Å². The third-order valence-electron chi connectivity index (χ3n) is 13.7. The van der Waals surface area contributed by atoms with E-state index in [-0.39, 0.29) is 12.1 Å². The lowest BCUT2D eigenvalue weighted by Gasteiger charge is -2.38. The van der Waals surface area contributed by atoms with Gasteiger partial charge in [0.2, 0.25) is 0 Å². The number of carbonyl (C=O) groups is 1. The summed E-state index contributed by atoms with van der Waals surface area (Å²) in [4.78, 5) is 20.8. The van der Waals surface area contributed by atoms with E-state index in [9.17, 15) is 4.79 Å². The van der Waals surface area contributed by atoms with Gasteiger partial charge in [0.1, 0.15) is 24.7 Å². The van der Waals surface area contributed by atoms with Gasteiger partial charge < -0.3 is 25.0 Å². The quantitative estimate of drug-likeness (QED) is 0.0793. The lowest BCUT2D eigenvalue weighted by atomic mass is 10.0. The number of unbranched alkanes of at least 4 members (excludes halogenated alkanes) is 1. The van der Waals surface area contributed by atoms with E-state index in [1.54, 1.807) is 0 Å². The molecule has 2 heterocycles. The van der Waals surface area contributed by atoms with Crippen LogP contribution < -0.4 is 20.1 Å². The van der Waals surface area contributed by atoms with Gasteiger partial charge in [0.15, 0.2) is 0 Å². The van der Waals surface area contributed by atoms with Crippen molar-refractivity contribution in [2.75, 3.05) is 31.5 Å². The first kappa shape index (κ1) is 50.7.